The SMILES string of the molecule is [CH2]C(CCCCCCCC)CC(C)C. The molecule has 0 bridgehead atoms. The highest BCUT2D eigenvalue weighted by atomic mass is 14.1. The predicted octanol–water partition coefficient (Wildman–Crippen LogP) is 5.23. The van der Waals surface area contributed by atoms with E-state index in [0.717, 1.165) is 5.92 Å². The molecule has 0 aromatic carbocycles. The van der Waals surface area contributed by atoms with Crippen LogP contribution in [0.15, 0.2) is 0 Å². The van der Waals surface area contributed by atoms with Crippen molar-refractivity contribution in [2.24, 2.45) is 11.8 Å². The standard InChI is InChI=1S/C14H29/c1-5-6-7-8-9-10-11-14(4)12-13(2)3/h13-14H,4-12H2,1-3H3. The van der Waals surface area contributed by atoms with Gasteiger partial charge in [0.1, 0.15) is 0 Å². The fourth-order valence-corrected chi connectivity index (χ4v) is 2.00. The molecule has 0 aromatic heterocycles. The molecule has 85 valence electrons. The van der Waals surface area contributed by atoms with Crippen LogP contribution in [0.1, 0.15) is 72.1 Å². The minimum absolute atomic E-state index is 0.696. The Bertz CT molecular complexity index is 105. The molecule has 0 aliphatic carbocycles. The summed E-state index contributed by atoms with van der Waals surface area (Å²) in [6, 6.07) is 0. The summed E-state index contributed by atoms with van der Waals surface area (Å²) in [6.07, 6.45) is 11.1. The zero-order valence-electron chi connectivity index (χ0n) is 10.5. The van der Waals surface area contributed by atoms with Gasteiger partial charge < -0.3 is 0 Å². The summed E-state index contributed by atoms with van der Waals surface area (Å²) in [6.45, 7) is 11.1. The van der Waals surface area contributed by atoms with Crippen molar-refractivity contribution in [3.63, 3.8) is 0 Å². The van der Waals surface area contributed by atoms with E-state index in [1.165, 1.54) is 51.4 Å². The predicted molar refractivity (Wildman–Crippen MR) is 66.3 cm³/mol. The summed E-state index contributed by atoms with van der Waals surface area (Å²) in [5.41, 5.74) is 0. The molecule has 0 nitrogen and oxygen atoms in total. The molecule has 0 N–H and O–H groups in total. The second-order valence-electron chi connectivity index (χ2n) is 5.05. The van der Waals surface area contributed by atoms with Gasteiger partial charge >= 0.3 is 0 Å². The fourth-order valence-electron chi connectivity index (χ4n) is 2.00. The van der Waals surface area contributed by atoms with Gasteiger partial charge in [0.05, 0.1) is 0 Å². The van der Waals surface area contributed by atoms with Crippen LogP contribution in [0, 0.1) is 18.8 Å². The molecule has 0 aromatic rings. The minimum atomic E-state index is 0.696. The van der Waals surface area contributed by atoms with E-state index in [1.54, 1.807) is 0 Å². The Hall–Kier alpha value is 0. The van der Waals surface area contributed by atoms with Gasteiger partial charge in [-0.1, -0.05) is 72.6 Å². The first-order chi connectivity index (χ1) is 6.66. The van der Waals surface area contributed by atoms with E-state index >= 15 is 0 Å². The molecule has 0 saturated heterocycles. The van der Waals surface area contributed by atoms with Crippen molar-refractivity contribution in [1.82, 2.24) is 0 Å². The Kier molecular flexibility index (Phi) is 9.55. The molecule has 1 atom stereocenters. The fraction of sp³-hybridized carbons (Fsp3) is 0.929. The van der Waals surface area contributed by atoms with E-state index in [9.17, 15) is 0 Å². The van der Waals surface area contributed by atoms with E-state index < -0.39 is 0 Å². The normalized spacial score (nSPS) is 13.5. The third-order valence-corrected chi connectivity index (χ3v) is 2.77. The Labute approximate surface area is 91.5 Å². The summed E-state index contributed by atoms with van der Waals surface area (Å²) >= 11 is 0. The smallest absolute Gasteiger partial charge is 0.0412 e. The van der Waals surface area contributed by atoms with E-state index in [0.29, 0.717) is 5.92 Å². The first kappa shape index (κ1) is 14.0. The average molecular weight is 197 g/mol. The van der Waals surface area contributed by atoms with E-state index in [-0.39, 0.29) is 0 Å². The van der Waals surface area contributed by atoms with Gasteiger partial charge in [0, 0.05) is 0 Å². The van der Waals surface area contributed by atoms with Crippen LogP contribution in [0.2, 0.25) is 0 Å². The zero-order valence-corrected chi connectivity index (χ0v) is 10.5. The quantitative estimate of drug-likeness (QED) is 0.444. The molecule has 0 amide bonds. The van der Waals surface area contributed by atoms with Crippen LogP contribution < -0.4 is 0 Å². The van der Waals surface area contributed by atoms with Crippen LogP contribution in [-0.2, 0) is 0 Å². The number of unbranched alkanes of at least 4 members (excludes halogenated alkanes) is 5. The van der Waals surface area contributed by atoms with Crippen molar-refractivity contribution in [3.05, 3.63) is 6.92 Å². The number of rotatable bonds is 9. The molecule has 0 saturated carbocycles. The third-order valence-electron chi connectivity index (χ3n) is 2.77. The topological polar surface area (TPSA) is 0 Å². The first-order valence-electron chi connectivity index (χ1n) is 6.49. The molecule has 0 fully saturated rings. The van der Waals surface area contributed by atoms with Crippen molar-refractivity contribution < 1.29 is 0 Å². The van der Waals surface area contributed by atoms with Gasteiger partial charge in [-0.2, -0.15) is 0 Å². The maximum Gasteiger partial charge on any atom is -0.0412 e. The van der Waals surface area contributed by atoms with Crippen LogP contribution in [-0.4, -0.2) is 0 Å². The highest BCUT2D eigenvalue weighted by Crippen LogP contribution is 2.18. The molecule has 0 aliphatic heterocycles. The summed E-state index contributed by atoms with van der Waals surface area (Å²) in [7, 11) is 0. The summed E-state index contributed by atoms with van der Waals surface area (Å²) < 4.78 is 0. The van der Waals surface area contributed by atoms with Crippen molar-refractivity contribution in [2.45, 2.75) is 72.1 Å². The van der Waals surface area contributed by atoms with Crippen LogP contribution in [0.5, 0.6) is 0 Å². The van der Waals surface area contributed by atoms with Crippen LogP contribution in [0.4, 0.5) is 0 Å². The first-order valence-corrected chi connectivity index (χ1v) is 6.49. The van der Waals surface area contributed by atoms with Gasteiger partial charge in [0.25, 0.3) is 0 Å². The third kappa shape index (κ3) is 10.1. The van der Waals surface area contributed by atoms with Crippen LogP contribution in [0.3, 0.4) is 0 Å². The van der Waals surface area contributed by atoms with Gasteiger partial charge in [-0.15, -0.1) is 0 Å². The molecule has 14 heavy (non-hydrogen) atoms. The molecule has 0 heterocycles. The van der Waals surface area contributed by atoms with Gasteiger partial charge in [-0.05, 0) is 18.3 Å². The summed E-state index contributed by atoms with van der Waals surface area (Å²) in [4.78, 5) is 0. The Morgan fingerprint density at radius 1 is 0.929 bits per heavy atom. The number of hydrogen-bond acceptors (Lipinski definition) is 0. The summed E-state index contributed by atoms with van der Waals surface area (Å²) in [5.74, 6) is 1.51. The van der Waals surface area contributed by atoms with Crippen molar-refractivity contribution >= 4 is 0 Å². The molecule has 0 spiro atoms. The second kappa shape index (κ2) is 9.55. The lowest BCUT2D eigenvalue weighted by molar-refractivity contribution is 0.428. The van der Waals surface area contributed by atoms with Crippen LogP contribution in [0.25, 0.3) is 0 Å². The monoisotopic (exact) mass is 197 g/mol. The molecular weight excluding hydrogens is 168 g/mol. The van der Waals surface area contributed by atoms with E-state index in [4.69, 9.17) is 0 Å². The van der Waals surface area contributed by atoms with Crippen molar-refractivity contribution in [3.8, 4) is 0 Å². The highest BCUT2D eigenvalue weighted by molar-refractivity contribution is 4.63. The van der Waals surface area contributed by atoms with E-state index in [1.807, 2.05) is 0 Å². The maximum atomic E-state index is 4.21. The van der Waals surface area contributed by atoms with Crippen molar-refractivity contribution in [2.75, 3.05) is 0 Å². The lowest BCUT2D eigenvalue weighted by atomic mass is 9.93. The Morgan fingerprint density at radius 2 is 1.50 bits per heavy atom. The zero-order chi connectivity index (χ0) is 10.8. The largest absolute Gasteiger partial charge is 0.0654 e. The van der Waals surface area contributed by atoms with Gasteiger partial charge in [0.15, 0.2) is 0 Å². The van der Waals surface area contributed by atoms with Crippen molar-refractivity contribution in [1.29, 1.82) is 0 Å². The molecule has 1 unspecified atom stereocenters. The molecule has 1 radical (unpaired) electrons. The Morgan fingerprint density at radius 3 is 2.07 bits per heavy atom. The molecular formula is C14H29. The van der Waals surface area contributed by atoms with Gasteiger partial charge in [-0.25, -0.2) is 0 Å². The molecule has 0 rings (SSSR count). The van der Waals surface area contributed by atoms with Crippen LogP contribution >= 0.6 is 0 Å². The molecule has 0 aliphatic rings. The number of hydrogen-bond donors (Lipinski definition) is 0. The highest BCUT2D eigenvalue weighted by Gasteiger charge is 2.04. The average Bonchev–Trinajstić information content (AvgIpc) is 2.10. The molecule has 0 heteroatoms. The maximum absolute atomic E-state index is 4.21. The lowest BCUT2D eigenvalue weighted by Gasteiger charge is -2.13. The summed E-state index contributed by atoms with van der Waals surface area (Å²) in [5, 5.41) is 0. The van der Waals surface area contributed by atoms with E-state index in [2.05, 4.69) is 27.7 Å². The van der Waals surface area contributed by atoms with Gasteiger partial charge in [-0.3, -0.25) is 0 Å². The lowest BCUT2D eigenvalue weighted by Crippen LogP contribution is -2.00. The van der Waals surface area contributed by atoms with Gasteiger partial charge in [0.2, 0.25) is 0 Å². The second-order valence-corrected chi connectivity index (χ2v) is 5.05. The Balaban J connectivity index is 3.10. The minimum Gasteiger partial charge on any atom is -0.0654 e.